The summed E-state index contributed by atoms with van der Waals surface area (Å²) < 4.78 is 10.8. The Morgan fingerprint density at radius 2 is 1.67 bits per heavy atom. The topological polar surface area (TPSA) is 38.5 Å². The highest BCUT2D eigenvalue weighted by Crippen LogP contribution is 2.23. The molecule has 0 spiro atoms. The van der Waals surface area contributed by atoms with Gasteiger partial charge in [-0.3, -0.25) is 4.90 Å². The van der Waals surface area contributed by atoms with Gasteiger partial charge in [0, 0.05) is 24.7 Å². The highest BCUT2D eigenvalue weighted by Gasteiger charge is 2.09. The molecule has 27 heavy (non-hydrogen) atoms. The molecule has 0 saturated carbocycles. The Morgan fingerprint density at radius 3 is 2.48 bits per heavy atom. The van der Waals surface area contributed by atoms with Crippen molar-refractivity contribution in [3.63, 3.8) is 0 Å². The summed E-state index contributed by atoms with van der Waals surface area (Å²) in [4.78, 5) is 2.23. The van der Waals surface area contributed by atoms with Crippen molar-refractivity contribution in [2.75, 3.05) is 14.2 Å². The fourth-order valence-corrected chi connectivity index (χ4v) is 3.27. The number of benzene rings is 3. The zero-order chi connectivity index (χ0) is 18.6. The van der Waals surface area contributed by atoms with Gasteiger partial charge in [-0.05, 0) is 41.6 Å². The van der Waals surface area contributed by atoms with Crippen LogP contribution in [0.1, 0.15) is 11.3 Å². The van der Waals surface area contributed by atoms with Gasteiger partial charge in [-0.2, -0.15) is 0 Å². The first-order chi connectivity index (χ1) is 13.2. The maximum atomic E-state index is 5.49. The fraction of sp³-hybridized carbons (Fsp3) is 0.174. The van der Waals surface area contributed by atoms with Crippen LogP contribution in [0.2, 0.25) is 0 Å². The standard InChI is InChI=1S/C23H22N2O2/c1-25(16-21-14-23(27-24-21)18-6-4-3-5-7-18)15-17-8-9-20-13-22(26-2)11-10-19(20)12-17/h3-14H,15-16H2,1-2H3. The van der Waals surface area contributed by atoms with Gasteiger partial charge in [0.05, 0.1) is 12.8 Å². The van der Waals surface area contributed by atoms with Gasteiger partial charge in [0.25, 0.3) is 0 Å². The molecule has 1 heterocycles. The van der Waals surface area contributed by atoms with E-state index in [9.17, 15) is 0 Å². The van der Waals surface area contributed by atoms with Crippen LogP contribution in [0, 0.1) is 0 Å². The summed E-state index contributed by atoms with van der Waals surface area (Å²) in [5.74, 6) is 1.69. The van der Waals surface area contributed by atoms with E-state index in [0.717, 1.165) is 35.9 Å². The number of aromatic nitrogens is 1. The van der Waals surface area contributed by atoms with Crippen LogP contribution in [-0.4, -0.2) is 24.2 Å². The van der Waals surface area contributed by atoms with E-state index in [2.05, 4.69) is 47.4 Å². The van der Waals surface area contributed by atoms with Crippen molar-refractivity contribution in [2.45, 2.75) is 13.1 Å². The highest BCUT2D eigenvalue weighted by atomic mass is 16.5. The van der Waals surface area contributed by atoms with Crippen LogP contribution in [-0.2, 0) is 13.1 Å². The molecule has 4 heteroatoms. The first kappa shape index (κ1) is 17.3. The normalized spacial score (nSPS) is 11.2. The number of hydrogen-bond acceptors (Lipinski definition) is 4. The van der Waals surface area contributed by atoms with Gasteiger partial charge < -0.3 is 9.26 Å². The van der Waals surface area contributed by atoms with Crippen molar-refractivity contribution in [1.29, 1.82) is 0 Å². The average molecular weight is 358 g/mol. The zero-order valence-electron chi connectivity index (χ0n) is 15.6. The molecule has 0 fully saturated rings. The van der Waals surface area contributed by atoms with Crippen LogP contribution >= 0.6 is 0 Å². The highest BCUT2D eigenvalue weighted by molar-refractivity contribution is 5.84. The fourth-order valence-electron chi connectivity index (χ4n) is 3.27. The Kier molecular flexibility index (Phi) is 4.90. The molecule has 0 bridgehead atoms. The van der Waals surface area contributed by atoms with Crippen molar-refractivity contribution >= 4 is 10.8 Å². The molecule has 0 amide bonds. The summed E-state index contributed by atoms with van der Waals surface area (Å²) in [6, 6.07) is 24.7. The van der Waals surface area contributed by atoms with E-state index in [4.69, 9.17) is 9.26 Å². The number of rotatable bonds is 6. The number of methoxy groups -OCH3 is 1. The molecule has 0 aliphatic heterocycles. The zero-order valence-corrected chi connectivity index (χ0v) is 15.6. The van der Waals surface area contributed by atoms with E-state index in [-0.39, 0.29) is 0 Å². The summed E-state index contributed by atoms with van der Waals surface area (Å²) >= 11 is 0. The smallest absolute Gasteiger partial charge is 0.167 e. The van der Waals surface area contributed by atoms with Gasteiger partial charge in [0.15, 0.2) is 5.76 Å². The Bertz CT molecular complexity index is 1040. The van der Waals surface area contributed by atoms with Crippen LogP contribution in [0.5, 0.6) is 5.75 Å². The molecule has 0 aliphatic rings. The van der Waals surface area contributed by atoms with Crippen LogP contribution < -0.4 is 4.74 Å². The first-order valence-electron chi connectivity index (χ1n) is 8.97. The SMILES string of the molecule is COc1ccc2cc(CN(C)Cc3cc(-c4ccccc4)on3)ccc2c1. The third kappa shape index (κ3) is 4.01. The molecule has 0 radical (unpaired) electrons. The van der Waals surface area contributed by atoms with Gasteiger partial charge >= 0.3 is 0 Å². The molecule has 4 aromatic rings. The Labute approximate surface area is 159 Å². The molecule has 0 aliphatic carbocycles. The number of ether oxygens (including phenoxy) is 1. The summed E-state index contributed by atoms with van der Waals surface area (Å²) in [7, 11) is 3.78. The van der Waals surface area contributed by atoms with E-state index in [1.54, 1.807) is 7.11 Å². The Balaban J connectivity index is 1.44. The van der Waals surface area contributed by atoms with Crippen LogP contribution in [0.4, 0.5) is 0 Å². The molecule has 3 aromatic carbocycles. The van der Waals surface area contributed by atoms with E-state index >= 15 is 0 Å². The largest absolute Gasteiger partial charge is 0.497 e. The van der Waals surface area contributed by atoms with Crippen molar-refractivity contribution in [3.05, 3.63) is 84.1 Å². The van der Waals surface area contributed by atoms with E-state index < -0.39 is 0 Å². The Morgan fingerprint density at radius 1 is 0.889 bits per heavy atom. The molecule has 0 saturated heterocycles. The molecule has 0 N–H and O–H groups in total. The summed E-state index contributed by atoms with van der Waals surface area (Å²) in [6.07, 6.45) is 0. The number of nitrogens with zero attached hydrogens (tertiary/aromatic N) is 2. The average Bonchev–Trinajstić information content (AvgIpc) is 3.16. The maximum absolute atomic E-state index is 5.49. The summed E-state index contributed by atoms with van der Waals surface area (Å²) in [5, 5.41) is 6.61. The molecular formula is C23H22N2O2. The molecule has 0 unspecified atom stereocenters. The minimum atomic E-state index is 0.733. The summed E-state index contributed by atoms with van der Waals surface area (Å²) in [6.45, 7) is 1.58. The number of hydrogen-bond donors (Lipinski definition) is 0. The van der Waals surface area contributed by atoms with Gasteiger partial charge in [-0.15, -0.1) is 0 Å². The molecular weight excluding hydrogens is 336 g/mol. The molecule has 4 rings (SSSR count). The van der Waals surface area contributed by atoms with Gasteiger partial charge in [-0.25, -0.2) is 0 Å². The predicted molar refractivity (Wildman–Crippen MR) is 108 cm³/mol. The lowest BCUT2D eigenvalue weighted by atomic mass is 10.1. The lowest BCUT2D eigenvalue weighted by Gasteiger charge is -2.15. The maximum Gasteiger partial charge on any atom is 0.167 e. The third-order valence-corrected chi connectivity index (χ3v) is 4.61. The van der Waals surface area contributed by atoms with Crippen molar-refractivity contribution in [2.24, 2.45) is 0 Å². The first-order valence-corrected chi connectivity index (χ1v) is 8.97. The van der Waals surface area contributed by atoms with Gasteiger partial charge in [0.1, 0.15) is 5.75 Å². The van der Waals surface area contributed by atoms with Crippen LogP contribution in [0.15, 0.2) is 77.3 Å². The molecule has 136 valence electrons. The van der Waals surface area contributed by atoms with Crippen LogP contribution in [0.3, 0.4) is 0 Å². The minimum Gasteiger partial charge on any atom is -0.497 e. The third-order valence-electron chi connectivity index (χ3n) is 4.61. The second-order valence-corrected chi connectivity index (χ2v) is 6.77. The predicted octanol–water partition coefficient (Wildman–Crippen LogP) is 5.14. The monoisotopic (exact) mass is 358 g/mol. The van der Waals surface area contributed by atoms with E-state index in [1.165, 1.54) is 16.3 Å². The van der Waals surface area contributed by atoms with Crippen molar-refractivity contribution < 1.29 is 9.26 Å². The second kappa shape index (κ2) is 7.64. The lowest BCUT2D eigenvalue weighted by Crippen LogP contribution is -2.17. The van der Waals surface area contributed by atoms with Crippen molar-refractivity contribution in [3.8, 4) is 17.1 Å². The second-order valence-electron chi connectivity index (χ2n) is 6.77. The van der Waals surface area contributed by atoms with Gasteiger partial charge in [-0.1, -0.05) is 53.7 Å². The van der Waals surface area contributed by atoms with Gasteiger partial charge in [0.2, 0.25) is 0 Å². The Hall–Kier alpha value is -3.11. The summed E-state index contributed by atoms with van der Waals surface area (Å²) in [5.41, 5.74) is 3.24. The quantitative estimate of drug-likeness (QED) is 0.479. The minimum absolute atomic E-state index is 0.733. The van der Waals surface area contributed by atoms with E-state index in [1.807, 2.05) is 42.5 Å². The molecule has 1 aromatic heterocycles. The molecule has 0 atom stereocenters. The number of fused-ring (bicyclic) bond motifs is 1. The molecule has 4 nitrogen and oxygen atoms in total. The van der Waals surface area contributed by atoms with E-state index in [0.29, 0.717) is 0 Å². The van der Waals surface area contributed by atoms with Crippen LogP contribution in [0.25, 0.3) is 22.1 Å². The lowest BCUT2D eigenvalue weighted by molar-refractivity contribution is 0.304. The van der Waals surface area contributed by atoms with Crippen molar-refractivity contribution in [1.82, 2.24) is 10.1 Å².